The zero-order chi connectivity index (χ0) is 24.1. The second-order valence-electron chi connectivity index (χ2n) is 8.22. The fraction of sp³-hybridized carbons (Fsp3) is 0.280. The van der Waals surface area contributed by atoms with Crippen LogP contribution >= 0.6 is 0 Å². The third-order valence-electron chi connectivity index (χ3n) is 5.11. The van der Waals surface area contributed by atoms with Crippen molar-refractivity contribution in [1.82, 2.24) is 9.55 Å². The van der Waals surface area contributed by atoms with Crippen molar-refractivity contribution < 1.29 is 24.5 Å². The predicted octanol–water partition coefficient (Wildman–Crippen LogP) is 4.12. The van der Waals surface area contributed by atoms with E-state index in [1.165, 1.54) is 18.2 Å². The quantitative estimate of drug-likeness (QED) is 0.362. The molecule has 7 nitrogen and oxygen atoms in total. The Morgan fingerprint density at radius 2 is 1.85 bits per heavy atom. The average Bonchev–Trinajstić information content (AvgIpc) is 3.12. The van der Waals surface area contributed by atoms with Crippen LogP contribution in [-0.4, -0.2) is 43.0 Å². The number of benzene rings is 2. The standard InChI is InChI=1S/C25H28FN3O4/c1-15(2)25-28-23(17-4-3-5-19(27)12-17)24(16-6-8-18(26)9-7-16)29(25)11-10-20(30)13-21(31)14-22(32)33/h3-12,15,20-21,30-31H,13-14,27H2,1-2H3,(H,32,33)/b11-10+. The van der Waals surface area contributed by atoms with Crippen LogP contribution in [0.25, 0.3) is 28.7 Å². The second kappa shape index (κ2) is 10.4. The third-order valence-corrected chi connectivity index (χ3v) is 5.11. The van der Waals surface area contributed by atoms with Gasteiger partial charge in [0.2, 0.25) is 0 Å². The SMILES string of the molecule is CC(C)c1nc(-c2cccc(N)c2)c(-c2ccc(F)cc2)n1/C=C/C(O)CC(O)CC(=O)O. The van der Waals surface area contributed by atoms with Gasteiger partial charge in [-0.2, -0.15) is 0 Å². The van der Waals surface area contributed by atoms with Gasteiger partial charge in [-0.1, -0.05) is 26.0 Å². The molecule has 0 radical (unpaired) electrons. The molecule has 0 aliphatic rings. The molecule has 33 heavy (non-hydrogen) atoms. The van der Waals surface area contributed by atoms with E-state index in [-0.39, 0.29) is 18.2 Å². The Balaban J connectivity index is 2.11. The van der Waals surface area contributed by atoms with E-state index in [1.807, 2.05) is 36.6 Å². The first-order chi connectivity index (χ1) is 15.7. The van der Waals surface area contributed by atoms with E-state index in [4.69, 9.17) is 15.8 Å². The number of hydrogen-bond acceptors (Lipinski definition) is 5. The molecule has 3 aromatic rings. The maximum Gasteiger partial charge on any atom is 0.305 e. The molecule has 0 amide bonds. The van der Waals surface area contributed by atoms with Crippen LogP contribution in [0.1, 0.15) is 38.4 Å². The highest BCUT2D eigenvalue weighted by atomic mass is 19.1. The first kappa shape index (κ1) is 24.2. The maximum atomic E-state index is 13.6. The summed E-state index contributed by atoms with van der Waals surface area (Å²) in [6, 6.07) is 13.4. The number of nitrogen functional groups attached to an aromatic ring is 1. The Labute approximate surface area is 191 Å². The number of carboxylic acids is 1. The molecule has 8 heteroatoms. The zero-order valence-corrected chi connectivity index (χ0v) is 18.5. The van der Waals surface area contributed by atoms with Crippen LogP contribution in [0.4, 0.5) is 10.1 Å². The van der Waals surface area contributed by atoms with E-state index in [0.717, 1.165) is 11.1 Å². The van der Waals surface area contributed by atoms with E-state index in [1.54, 1.807) is 24.4 Å². The van der Waals surface area contributed by atoms with Crippen LogP contribution in [0.15, 0.2) is 54.6 Å². The number of aromatic nitrogens is 2. The third kappa shape index (κ3) is 6.06. The molecule has 0 saturated heterocycles. The molecule has 174 valence electrons. The Morgan fingerprint density at radius 1 is 1.15 bits per heavy atom. The number of aliphatic carboxylic acids is 1. The number of nitrogens with two attached hydrogens (primary N) is 1. The number of rotatable bonds is 9. The van der Waals surface area contributed by atoms with Gasteiger partial charge in [0.15, 0.2) is 0 Å². The molecule has 0 aliphatic heterocycles. The van der Waals surface area contributed by atoms with E-state index >= 15 is 0 Å². The average molecular weight is 454 g/mol. The summed E-state index contributed by atoms with van der Waals surface area (Å²) in [5, 5.41) is 29.0. The first-order valence-corrected chi connectivity index (χ1v) is 10.7. The molecule has 0 aliphatic carbocycles. The molecule has 2 unspecified atom stereocenters. The molecular formula is C25H28FN3O4. The van der Waals surface area contributed by atoms with Crippen molar-refractivity contribution in [1.29, 1.82) is 0 Å². The number of carboxylic acid groups (broad SMARTS) is 1. The first-order valence-electron chi connectivity index (χ1n) is 10.7. The van der Waals surface area contributed by atoms with E-state index in [9.17, 15) is 19.4 Å². The van der Waals surface area contributed by atoms with Crippen molar-refractivity contribution in [3.63, 3.8) is 0 Å². The van der Waals surface area contributed by atoms with Gasteiger partial charge < -0.3 is 25.6 Å². The number of carbonyl (C=O) groups is 1. The van der Waals surface area contributed by atoms with Gasteiger partial charge >= 0.3 is 5.97 Å². The van der Waals surface area contributed by atoms with Crippen LogP contribution in [0.2, 0.25) is 0 Å². The minimum absolute atomic E-state index is 0.0124. The summed E-state index contributed by atoms with van der Waals surface area (Å²) in [5.74, 6) is -0.779. The lowest BCUT2D eigenvalue weighted by Gasteiger charge is -2.13. The Hall–Kier alpha value is -3.49. The highest BCUT2D eigenvalue weighted by Gasteiger charge is 2.21. The summed E-state index contributed by atoms with van der Waals surface area (Å²) in [6.45, 7) is 3.97. The molecule has 0 saturated carbocycles. The smallest absolute Gasteiger partial charge is 0.305 e. The second-order valence-corrected chi connectivity index (χ2v) is 8.22. The lowest BCUT2D eigenvalue weighted by atomic mass is 10.0. The molecule has 1 heterocycles. The van der Waals surface area contributed by atoms with Gasteiger partial charge in [0, 0.05) is 35.4 Å². The van der Waals surface area contributed by atoms with Gasteiger partial charge in [-0.05, 0) is 42.5 Å². The predicted molar refractivity (Wildman–Crippen MR) is 126 cm³/mol. The Kier molecular flexibility index (Phi) is 7.63. The van der Waals surface area contributed by atoms with Crippen LogP contribution in [0.5, 0.6) is 0 Å². The summed E-state index contributed by atoms with van der Waals surface area (Å²) in [6.07, 6.45) is 0.312. The minimum atomic E-state index is -1.17. The number of imidazole rings is 1. The van der Waals surface area contributed by atoms with Gasteiger partial charge in [0.05, 0.1) is 30.0 Å². The van der Waals surface area contributed by atoms with Gasteiger partial charge in [-0.25, -0.2) is 9.37 Å². The molecule has 0 bridgehead atoms. The lowest BCUT2D eigenvalue weighted by Crippen LogP contribution is -2.19. The van der Waals surface area contributed by atoms with Crippen LogP contribution in [-0.2, 0) is 4.79 Å². The van der Waals surface area contributed by atoms with Gasteiger partial charge in [-0.3, -0.25) is 4.79 Å². The highest BCUT2D eigenvalue weighted by molar-refractivity contribution is 5.81. The summed E-state index contributed by atoms with van der Waals surface area (Å²) in [7, 11) is 0. The fourth-order valence-electron chi connectivity index (χ4n) is 3.61. The van der Waals surface area contributed by atoms with Crippen LogP contribution in [0, 0.1) is 5.82 Å². The van der Waals surface area contributed by atoms with Gasteiger partial charge in [-0.15, -0.1) is 0 Å². The van der Waals surface area contributed by atoms with Crippen molar-refractivity contribution in [2.75, 3.05) is 5.73 Å². The molecule has 0 fully saturated rings. The molecule has 0 spiro atoms. The zero-order valence-electron chi connectivity index (χ0n) is 18.5. The normalized spacial score (nSPS) is 13.5. The summed E-state index contributed by atoms with van der Waals surface area (Å²) in [5.41, 5.74) is 9.43. The molecule has 5 N–H and O–H groups in total. The van der Waals surface area contributed by atoms with Crippen molar-refractivity contribution in [2.45, 2.75) is 44.8 Å². The highest BCUT2D eigenvalue weighted by Crippen LogP contribution is 2.36. The van der Waals surface area contributed by atoms with Crippen LogP contribution in [0.3, 0.4) is 0 Å². The monoisotopic (exact) mass is 453 g/mol. The van der Waals surface area contributed by atoms with Crippen molar-refractivity contribution in [3.8, 4) is 22.5 Å². The number of aliphatic hydroxyl groups is 2. The number of halogens is 1. The van der Waals surface area contributed by atoms with E-state index < -0.39 is 24.6 Å². The maximum absolute atomic E-state index is 13.6. The van der Waals surface area contributed by atoms with Crippen molar-refractivity contribution >= 4 is 17.9 Å². The van der Waals surface area contributed by atoms with E-state index in [0.29, 0.717) is 22.9 Å². The molecule has 1 aromatic heterocycles. The fourth-order valence-corrected chi connectivity index (χ4v) is 3.61. The summed E-state index contributed by atoms with van der Waals surface area (Å²) in [4.78, 5) is 15.6. The number of nitrogens with zero attached hydrogens (tertiary/aromatic N) is 2. The van der Waals surface area contributed by atoms with Crippen molar-refractivity contribution in [2.24, 2.45) is 0 Å². The lowest BCUT2D eigenvalue weighted by molar-refractivity contribution is -0.139. The molecule has 2 aromatic carbocycles. The minimum Gasteiger partial charge on any atom is -0.481 e. The summed E-state index contributed by atoms with van der Waals surface area (Å²) >= 11 is 0. The molecular weight excluding hydrogens is 425 g/mol. The van der Waals surface area contributed by atoms with Crippen LogP contribution < -0.4 is 5.73 Å². The molecule has 3 rings (SSSR count). The van der Waals surface area contributed by atoms with Crippen molar-refractivity contribution in [3.05, 3.63) is 66.2 Å². The molecule has 2 atom stereocenters. The van der Waals surface area contributed by atoms with Gasteiger partial charge in [0.1, 0.15) is 11.6 Å². The number of anilines is 1. The van der Waals surface area contributed by atoms with Gasteiger partial charge in [0.25, 0.3) is 0 Å². The Morgan fingerprint density at radius 3 is 2.45 bits per heavy atom. The Bertz CT molecular complexity index is 1140. The number of aliphatic hydroxyl groups excluding tert-OH is 2. The summed E-state index contributed by atoms with van der Waals surface area (Å²) < 4.78 is 15.4. The topological polar surface area (TPSA) is 122 Å². The number of hydrogen-bond donors (Lipinski definition) is 4. The largest absolute Gasteiger partial charge is 0.481 e. The van der Waals surface area contributed by atoms with E-state index in [2.05, 4.69) is 0 Å².